The molecule has 4 rings (SSSR count). The average molecular weight is 445 g/mol. The van der Waals surface area contributed by atoms with Gasteiger partial charge in [-0.25, -0.2) is 0 Å². The lowest BCUT2D eigenvalue weighted by Gasteiger charge is -2.40. The van der Waals surface area contributed by atoms with E-state index in [9.17, 15) is 9.59 Å². The number of piperazine rings is 1. The van der Waals surface area contributed by atoms with Crippen molar-refractivity contribution in [1.29, 1.82) is 0 Å². The molecule has 7 nitrogen and oxygen atoms in total. The number of carbonyl (C=O) groups excluding carboxylic acids is 2. The fourth-order valence-corrected chi connectivity index (χ4v) is 3.92. The van der Waals surface area contributed by atoms with E-state index in [1.54, 1.807) is 12.4 Å². The summed E-state index contributed by atoms with van der Waals surface area (Å²) >= 11 is 0. The summed E-state index contributed by atoms with van der Waals surface area (Å²) in [6, 6.07) is 22.8. The third-order valence-corrected chi connectivity index (χ3v) is 5.71. The van der Waals surface area contributed by atoms with Gasteiger partial charge in [0.15, 0.2) is 0 Å². The summed E-state index contributed by atoms with van der Waals surface area (Å²) in [6.07, 6.45) is 2.67. The molecule has 0 saturated carbocycles. The molecule has 0 spiro atoms. The Morgan fingerprint density at radius 3 is 2.12 bits per heavy atom. The number of aromatic nitrogens is 1. The van der Waals surface area contributed by atoms with Crippen LogP contribution in [0.5, 0.6) is 5.75 Å². The minimum absolute atomic E-state index is 0.209. The van der Waals surface area contributed by atoms with Crippen LogP contribution in [-0.4, -0.2) is 59.0 Å². The van der Waals surface area contributed by atoms with Crippen molar-refractivity contribution in [1.82, 2.24) is 14.8 Å². The second-order valence-electron chi connectivity index (χ2n) is 7.94. The molecular weight excluding hydrogens is 416 g/mol. The fraction of sp³-hybridized carbons (Fsp3) is 0.269. The van der Waals surface area contributed by atoms with Crippen LogP contribution in [0.1, 0.15) is 12.5 Å². The smallest absolute Gasteiger partial charge is 0.286 e. The van der Waals surface area contributed by atoms with Crippen molar-refractivity contribution in [2.45, 2.75) is 19.7 Å². The van der Waals surface area contributed by atoms with Gasteiger partial charge in [0.1, 0.15) is 5.75 Å². The maximum Gasteiger partial charge on any atom is 0.286 e. The maximum absolute atomic E-state index is 13.7. The molecule has 2 heterocycles. The molecule has 1 aromatic heterocycles. The topological polar surface area (TPSA) is 66.0 Å². The number of ether oxygens (including phenoxy) is 1. The van der Waals surface area contributed by atoms with E-state index in [2.05, 4.69) is 9.88 Å². The molecule has 1 aliphatic heterocycles. The summed E-state index contributed by atoms with van der Waals surface area (Å²) in [6.45, 7) is 4.36. The number of hydrogen-bond acceptors (Lipinski definition) is 6. The first kappa shape index (κ1) is 22.5. The van der Waals surface area contributed by atoms with Gasteiger partial charge in [-0.3, -0.25) is 24.4 Å². The quantitative estimate of drug-likeness (QED) is 0.558. The standard InChI is InChI=1S/C26H28N4O3/c1-21(31)30(20-22-8-4-2-5-9-22)25(32)26(33-24-10-6-3-7-11-24)29-18-16-28(17-19-29)23-12-14-27-15-13-23/h2-15,26H,16-20H2,1H3. The number of imide groups is 1. The van der Waals surface area contributed by atoms with Gasteiger partial charge in [0.2, 0.25) is 12.1 Å². The third kappa shape index (κ3) is 5.75. The molecule has 1 unspecified atom stereocenters. The summed E-state index contributed by atoms with van der Waals surface area (Å²) in [7, 11) is 0. The normalized spacial score (nSPS) is 15.0. The van der Waals surface area contributed by atoms with Crippen molar-refractivity contribution in [2.75, 3.05) is 31.1 Å². The van der Waals surface area contributed by atoms with Crippen LogP contribution in [0.15, 0.2) is 85.2 Å². The summed E-state index contributed by atoms with van der Waals surface area (Å²) in [4.78, 5) is 35.8. The van der Waals surface area contributed by atoms with Gasteiger partial charge in [-0.1, -0.05) is 48.5 Å². The molecule has 7 heteroatoms. The van der Waals surface area contributed by atoms with Gasteiger partial charge in [-0.05, 0) is 29.8 Å². The Morgan fingerprint density at radius 1 is 0.909 bits per heavy atom. The van der Waals surface area contributed by atoms with E-state index in [-0.39, 0.29) is 18.4 Å². The second kappa shape index (κ2) is 10.7. The van der Waals surface area contributed by atoms with Crippen LogP contribution in [0.3, 0.4) is 0 Å². The largest absolute Gasteiger partial charge is 0.466 e. The van der Waals surface area contributed by atoms with E-state index in [0.717, 1.165) is 24.3 Å². The van der Waals surface area contributed by atoms with E-state index >= 15 is 0 Å². The number of nitrogens with zero attached hydrogens (tertiary/aromatic N) is 4. The van der Waals surface area contributed by atoms with Crippen LogP contribution in [0.4, 0.5) is 5.69 Å². The highest BCUT2D eigenvalue weighted by molar-refractivity contribution is 5.96. The van der Waals surface area contributed by atoms with E-state index in [1.807, 2.05) is 77.7 Å². The van der Waals surface area contributed by atoms with Crippen molar-refractivity contribution < 1.29 is 14.3 Å². The number of anilines is 1. The number of hydrogen-bond donors (Lipinski definition) is 0. The van der Waals surface area contributed by atoms with Crippen LogP contribution in [0.2, 0.25) is 0 Å². The Bertz CT molecular complexity index is 1040. The number of benzene rings is 2. The minimum Gasteiger partial charge on any atom is -0.466 e. The van der Waals surface area contributed by atoms with Crippen LogP contribution in [-0.2, 0) is 16.1 Å². The first-order chi connectivity index (χ1) is 16.1. The molecule has 1 fully saturated rings. The highest BCUT2D eigenvalue weighted by Gasteiger charge is 2.35. The zero-order valence-electron chi connectivity index (χ0n) is 18.7. The van der Waals surface area contributed by atoms with E-state index in [1.165, 1.54) is 11.8 Å². The molecular formula is C26H28N4O3. The van der Waals surface area contributed by atoms with Gasteiger partial charge in [-0.2, -0.15) is 0 Å². The van der Waals surface area contributed by atoms with Gasteiger partial charge < -0.3 is 9.64 Å². The van der Waals surface area contributed by atoms with Crippen molar-refractivity contribution in [3.05, 3.63) is 90.8 Å². The molecule has 2 amide bonds. The molecule has 3 aromatic rings. The predicted octanol–water partition coefficient (Wildman–Crippen LogP) is 3.18. The zero-order valence-corrected chi connectivity index (χ0v) is 18.7. The Morgan fingerprint density at radius 2 is 1.52 bits per heavy atom. The molecule has 170 valence electrons. The van der Waals surface area contributed by atoms with E-state index < -0.39 is 6.23 Å². The van der Waals surface area contributed by atoms with Crippen LogP contribution >= 0.6 is 0 Å². The Kier molecular flexibility index (Phi) is 7.32. The Labute approximate surface area is 194 Å². The zero-order chi connectivity index (χ0) is 23.0. The minimum atomic E-state index is -0.889. The molecule has 1 atom stereocenters. The summed E-state index contributed by atoms with van der Waals surface area (Å²) in [5, 5.41) is 0. The SMILES string of the molecule is CC(=O)N(Cc1ccccc1)C(=O)C(Oc1ccccc1)N1CCN(c2ccncc2)CC1. The lowest BCUT2D eigenvalue weighted by Crippen LogP contribution is -2.58. The molecule has 1 saturated heterocycles. The molecule has 0 radical (unpaired) electrons. The van der Waals surface area contributed by atoms with Crippen LogP contribution < -0.4 is 9.64 Å². The fourth-order valence-electron chi connectivity index (χ4n) is 3.92. The molecule has 0 bridgehead atoms. The van der Waals surface area contributed by atoms with Gasteiger partial charge in [0.25, 0.3) is 5.91 Å². The summed E-state index contributed by atoms with van der Waals surface area (Å²) in [5.74, 6) is -0.0656. The highest BCUT2D eigenvalue weighted by Crippen LogP contribution is 2.20. The van der Waals surface area contributed by atoms with Crippen LogP contribution in [0, 0.1) is 0 Å². The Balaban J connectivity index is 1.54. The van der Waals surface area contributed by atoms with Gasteiger partial charge in [0.05, 0.1) is 6.54 Å². The molecule has 0 N–H and O–H groups in total. The summed E-state index contributed by atoms with van der Waals surface area (Å²) < 4.78 is 6.18. The number of carbonyl (C=O) groups is 2. The van der Waals surface area contributed by atoms with Gasteiger partial charge in [-0.15, -0.1) is 0 Å². The third-order valence-electron chi connectivity index (χ3n) is 5.71. The Hall–Kier alpha value is -3.71. The van der Waals surface area contributed by atoms with Gasteiger partial charge in [0, 0.05) is 51.2 Å². The number of para-hydroxylation sites is 1. The molecule has 1 aliphatic rings. The first-order valence-electron chi connectivity index (χ1n) is 11.1. The monoisotopic (exact) mass is 444 g/mol. The first-order valence-corrected chi connectivity index (χ1v) is 11.1. The lowest BCUT2D eigenvalue weighted by atomic mass is 10.2. The van der Waals surface area contributed by atoms with Crippen molar-refractivity contribution in [3.8, 4) is 5.75 Å². The van der Waals surface area contributed by atoms with Crippen molar-refractivity contribution >= 4 is 17.5 Å². The lowest BCUT2D eigenvalue weighted by molar-refractivity contribution is -0.156. The van der Waals surface area contributed by atoms with Crippen molar-refractivity contribution in [3.63, 3.8) is 0 Å². The molecule has 33 heavy (non-hydrogen) atoms. The van der Waals surface area contributed by atoms with Crippen LogP contribution in [0.25, 0.3) is 0 Å². The van der Waals surface area contributed by atoms with E-state index in [0.29, 0.717) is 18.8 Å². The number of amides is 2. The maximum atomic E-state index is 13.7. The highest BCUT2D eigenvalue weighted by atomic mass is 16.5. The molecule has 2 aromatic carbocycles. The summed E-state index contributed by atoms with van der Waals surface area (Å²) in [5.41, 5.74) is 1.99. The number of rotatable bonds is 7. The van der Waals surface area contributed by atoms with Crippen molar-refractivity contribution in [2.24, 2.45) is 0 Å². The second-order valence-corrected chi connectivity index (χ2v) is 7.94. The number of pyridine rings is 1. The predicted molar refractivity (Wildman–Crippen MR) is 127 cm³/mol. The van der Waals surface area contributed by atoms with Gasteiger partial charge >= 0.3 is 0 Å². The molecule has 0 aliphatic carbocycles. The van der Waals surface area contributed by atoms with E-state index in [4.69, 9.17) is 4.74 Å². The average Bonchev–Trinajstić information content (AvgIpc) is 2.87.